The average Bonchev–Trinajstić information content (AvgIpc) is 2.33. The van der Waals surface area contributed by atoms with Crippen molar-refractivity contribution in [3.05, 3.63) is 34.5 Å². The molecule has 1 N–H and O–H groups in total. The first-order valence-corrected chi connectivity index (χ1v) is 7.44. The number of aromatic nitrogens is 1. The molecular weight excluding hydrogens is 363 g/mol. The molecule has 5 heteroatoms. The van der Waals surface area contributed by atoms with Gasteiger partial charge >= 0.3 is 0 Å². The van der Waals surface area contributed by atoms with Gasteiger partial charge in [-0.15, -0.1) is 0 Å². The van der Waals surface area contributed by atoms with Gasteiger partial charge in [-0.25, -0.2) is 4.98 Å². The number of phenols is 1. The molecule has 3 nitrogen and oxygen atoms in total. The molecular formula is C13H14ClIN2O. The molecule has 0 aliphatic rings. The van der Waals surface area contributed by atoms with E-state index in [2.05, 4.69) is 27.6 Å². The number of fused-ring (bicyclic) bond motifs is 1. The van der Waals surface area contributed by atoms with Gasteiger partial charge in [0, 0.05) is 21.9 Å². The zero-order valence-electron chi connectivity index (χ0n) is 10.2. The van der Waals surface area contributed by atoms with Crippen molar-refractivity contribution in [1.82, 2.24) is 9.88 Å². The molecule has 1 heterocycles. The van der Waals surface area contributed by atoms with E-state index in [-0.39, 0.29) is 5.75 Å². The second-order valence-corrected chi connectivity index (χ2v) is 5.61. The van der Waals surface area contributed by atoms with Crippen molar-refractivity contribution in [2.75, 3.05) is 14.1 Å². The SMILES string of the molecule is CN(C)Cc1ccc2c(Cl)cc(CI)c(O)c2n1. The van der Waals surface area contributed by atoms with Crippen molar-refractivity contribution < 1.29 is 5.11 Å². The van der Waals surface area contributed by atoms with Crippen LogP contribution in [0.25, 0.3) is 10.9 Å². The zero-order valence-corrected chi connectivity index (χ0v) is 13.2. The van der Waals surface area contributed by atoms with Crippen LogP contribution in [-0.4, -0.2) is 29.1 Å². The highest BCUT2D eigenvalue weighted by atomic mass is 127. The number of phenolic OH excluding ortho intramolecular Hbond substituents is 1. The summed E-state index contributed by atoms with van der Waals surface area (Å²) < 4.78 is 0.707. The molecule has 1 aromatic carbocycles. The number of halogens is 2. The van der Waals surface area contributed by atoms with Crippen LogP contribution < -0.4 is 0 Å². The maximum Gasteiger partial charge on any atom is 0.145 e. The Hall–Kier alpha value is -0.590. The van der Waals surface area contributed by atoms with E-state index in [1.54, 1.807) is 6.07 Å². The Labute approximate surface area is 125 Å². The van der Waals surface area contributed by atoms with Gasteiger partial charge < -0.3 is 10.0 Å². The van der Waals surface area contributed by atoms with Gasteiger partial charge in [-0.2, -0.15) is 0 Å². The van der Waals surface area contributed by atoms with Crippen molar-refractivity contribution in [3.63, 3.8) is 0 Å². The molecule has 2 aromatic rings. The molecule has 0 aliphatic carbocycles. The lowest BCUT2D eigenvalue weighted by molar-refractivity contribution is 0.397. The quantitative estimate of drug-likeness (QED) is 0.657. The third kappa shape index (κ3) is 2.70. The van der Waals surface area contributed by atoms with Gasteiger partial charge in [-0.1, -0.05) is 34.2 Å². The van der Waals surface area contributed by atoms with Gasteiger partial charge in [0.25, 0.3) is 0 Å². The minimum atomic E-state index is 0.240. The summed E-state index contributed by atoms with van der Waals surface area (Å²) >= 11 is 8.41. The molecule has 0 fully saturated rings. The minimum Gasteiger partial charge on any atom is -0.505 e. The molecule has 0 saturated heterocycles. The normalized spacial score (nSPS) is 11.4. The van der Waals surface area contributed by atoms with Crippen LogP contribution in [0.2, 0.25) is 5.02 Å². The number of hydrogen-bond acceptors (Lipinski definition) is 3. The van der Waals surface area contributed by atoms with E-state index >= 15 is 0 Å². The molecule has 0 amide bonds. The molecule has 0 unspecified atom stereocenters. The largest absolute Gasteiger partial charge is 0.505 e. The van der Waals surface area contributed by atoms with Crippen molar-refractivity contribution in [2.45, 2.75) is 11.0 Å². The standard InChI is InChI=1S/C13H14ClIN2O/c1-17(2)7-9-3-4-10-11(14)5-8(6-15)13(18)12(10)16-9/h3-5,18H,6-7H2,1-2H3. The van der Waals surface area contributed by atoms with Crippen molar-refractivity contribution in [2.24, 2.45) is 0 Å². The lowest BCUT2D eigenvalue weighted by Crippen LogP contribution is -2.11. The van der Waals surface area contributed by atoms with Crippen LogP contribution in [0.3, 0.4) is 0 Å². The summed E-state index contributed by atoms with van der Waals surface area (Å²) in [4.78, 5) is 6.54. The zero-order chi connectivity index (χ0) is 13.3. The van der Waals surface area contributed by atoms with Crippen LogP contribution >= 0.6 is 34.2 Å². The van der Waals surface area contributed by atoms with Gasteiger partial charge in [0.15, 0.2) is 0 Å². The summed E-state index contributed by atoms with van der Waals surface area (Å²) in [6, 6.07) is 5.66. The van der Waals surface area contributed by atoms with Crippen molar-refractivity contribution in [3.8, 4) is 5.75 Å². The Kier molecular flexibility index (Phi) is 4.29. The molecule has 18 heavy (non-hydrogen) atoms. The summed E-state index contributed by atoms with van der Waals surface area (Å²) in [6.45, 7) is 0.738. The smallest absolute Gasteiger partial charge is 0.145 e. The van der Waals surface area contributed by atoms with Gasteiger partial charge in [-0.05, 0) is 32.3 Å². The lowest BCUT2D eigenvalue weighted by Gasteiger charge is -2.12. The Morgan fingerprint density at radius 3 is 2.72 bits per heavy atom. The molecule has 0 radical (unpaired) electrons. The average molecular weight is 377 g/mol. The molecule has 0 bridgehead atoms. The first-order chi connectivity index (χ1) is 8.52. The van der Waals surface area contributed by atoms with E-state index in [4.69, 9.17) is 11.6 Å². The summed E-state index contributed by atoms with van der Waals surface area (Å²) in [6.07, 6.45) is 0. The summed E-state index contributed by atoms with van der Waals surface area (Å²) in [5.74, 6) is 0.240. The van der Waals surface area contributed by atoms with Gasteiger partial charge in [0.1, 0.15) is 11.3 Å². The third-order valence-electron chi connectivity index (χ3n) is 2.66. The Balaban J connectivity index is 2.63. The van der Waals surface area contributed by atoms with Crippen LogP contribution in [0.5, 0.6) is 5.75 Å². The molecule has 0 saturated carbocycles. The number of aromatic hydroxyl groups is 1. The lowest BCUT2D eigenvalue weighted by atomic mass is 10.1. The van der Waals surface area contributed by atoms with E-state index in [0.717, 1.165) is 23.2 Å². The molecule has 2 rings (SSSR count). The van der Waals surface area contributed by atoms with Crippen LogP contribution in [0.15, 0.2) is 18.2 Å². The minimum absolute atomic E-state index is 0.240. The first-order valence-electron chi connectivity index (χ1n) is 5.53. The van der Waals surface area contributed by atoms with Crippen molar-refractivity contribution in [1.29, 1.82) is 0 Å². The number of nitrogens with zero attached hydrogens (tertiary/aromatic N) is 2. The number of hydrogen-bond donors (Lipinski definition) is 1. The molecule has 1 aromatic heterocycles. The topological polar surface area (TPSA) is 36.4 Å². The Morgan fingerprint density at radius 2 is 2.11 bits per heavy atom. The summed E-state index contributed by atoms with van der Waals surface area (Å²) in [5.41, 5.74) is 2.33. The third-order valence-corrected chi connectivity index (χ3v) is 3.80. The fourth-order valence-electron chi connectivity index (χ4n) is 1.84. The van der Waals surface area contributed by atoms with Crippen molar-refractivity contribution >= 4 is 45.1 Å². The number of pyridine rings is 1. The van der Waals surface area contributed by atoms with E-state index in [9.17, 15) is 5.11 Å². The van der Waals surface area contributed by atoms with E-state index < -0.39 is 0 Å². The van der Waals surface area contributed by atoms with E-state index in [1.807, 2.05) is 31.1 Å². The number of benzene rings is 1. The van der Waals surface area contributed by atoms with Crippen LogP contribution in [0, 0.1) is 0 Å². The molecule has 96 valence electrons. The Bertz CT molecular complexity index is 587. The molecule has 0 aliphatic heterocycles. The van der Waals surface area contributed by atoms with Gasteiger partial charge in [0.2, 0.25) is 0 Å². The van der Waals surface area contributed by atoms with Crippen LogP contribution in [-0.2, 0) is 11.0 Å². The highest BCUT2D eigenvalue weighted by molar-refractivity contribution is 14.1. The Morgan fingerprint density at radius 1 is 1.39 bits per heavy atom. The second kappa shape index (κ2) is 5.59. The monoisotopic (exact) mass is 376 g/mol. The van der Waals surface area contributed by atoms with E-state index in [1.165, 1.54) is 0 Å². The number of alkyl halides is 1. The van der Waals surface area contributed by atoms with E-state index in [0.29, 0.717) is 15.0 Å². The molecule has 0 spiro atoms. The maximum atomic E-state index is 10.2. The van der Waals surface area contributed by atoms with Crippen LogP contribution in [0.1, 0.15) is 11.3 Å². The van der Waals surface area contributed by atoms with Gasteiger partial charge in [-0.3, -0.25) is 0 Å². The van der Waals surface area contributed by atoms with Gasteiger partial charge in [0.05, 0.1) is 10.7 Å². The predicted octanol–water partition coefficient (Wildman–Crippen LogP) is 3.59. The predicted molar refractivity (Wildman–Crippen MR) is 83.5 cm³/mol. The first kappa shape index (κ1) is 13.8. The molecule has 0 atom stereocenters. The summed E-state index contributed by atoms with van der Waals surface area (Å²) in [7, 11) is 3.97. The fraction of sp³-hybridized carbons (Fsp3) is 0.308. The summed E-state index contributed by atoms with van der Waals surface area (Å²) in [5, 5.41) is 11.6. The second-order valence-electron chi connectivity index (χ2n) is 4.44. The highest BCUT2D eigenvalue weighted by Crippen LogP contribution is 2.34. The number of rotatable bonds is 3. The highest BCUT2D eigenvalue weighted by Gasteiger charge is 2.12. The van der Waals surface area contributed by atoms with Crippen LogP contribution in [0.4, 0.5) is 0 Å². The fourth-order valence-corrected chi connectivity index (χ4v) is 2.70. The maximum absolute atomic E-state index is 10.2.